The average molecular weight is 356 g/mol. The van der Waals surface area contributed by atoms with E-state index in [9.17, 15) is 14.9 Å². The third-order valence-corrected chi connectivity index (χ3v) is 4.29. The number of piperazine rings is 1. The minimum atomic E-state index is -0.487. The standard InChI is InChI=1S/C17H20N6O3/c1-21-6-8-22(9-7-21)16-11-15(18-12-19-16)20-17(24)10-13-4-2-3-5-14(13)23(25)26/h2-5,11-12H,6-10H2,1H3,(H,18,19,20,24). The van der Waals surface area contributed by atoms with E-state index in [1.165, 1.54) is 12.4 Å². The molecule has 1 aromatic heterocycles. The van der Waals surface area contributed by atoms with Gasteiger partial charge in [-0.15, -0.1) is 0 Å². The number of carbonyl (C=O) groups excluding carboxylic acids is 1. The van der Waals surface area contributed by atoms with Gasteiger partial charge in [-0.25, -0.2) is 9.97 Å². The lowest BCUT2D eigenvalue weighted by atomic mass is 10.1. The number of nitro benzene ring substituents is 1. The maximum Gasteiger partial charge on any atom is 0.273 e. The SMILES string of the molecule is CN1CCN(c2cc(NC(=O)Cc3ccccc3[N+](=O)[O-])ncn2)CC1. The van der Waals surface area contributed by atoms with Crippen LogP contribution in [-0.4, -0.2) is 58.9 Å². The molecule has 1 aliphatic heterocycles. The molecule has 0 saturated carbocycles. The molecule has 1 amide bonds. The van der Waals surface area contributed by atoms with Crippen molar-refractivity contribution in [2.24, 2.45) is 0 Å². The molecule has 1 aliphatic rings. The Bertz CT molecular complexity index is 805. The second-order valence-electron chi connectivity index (χ2n) is 6.16. The monoisotopic (exact) mass is 356 g/mol. The summed E-state index contributed by atoms with van der Waals surface area (Å²) in [4.78, 5) is 35.6. The number of benzene rings is 1. The van der Waals surface area contributed by atoms with Gasteiger partial charge in [0.15, 0.2) is 0 Å². The Kier molecular flexibility index (Phi) is 5.37. The largest absolute Gasteiger partial charge is 0.354 e. The van der Waals surface area contributed by atoms with E-state index in [0.717, 1.165) is 32.0 Å². The van der Waals surface area contributed by atoms with Crippen LogP contribution >= 0.6 is 0 Å². The molecule has 9 heteroatoms. The summed E-state index contributed by atoms with van der Waals surface area (Å²) < 4.78 is 0. The molecule has 0 atom stereocenters. The summed E-state index contributed by atoms with van der Waals surface area (Å²) in [6, 6.07) is 7.94. The number of nitrogens with one attached hydrogen (secondary N) is 1. The van der Waals surface area contributed by atoms with Gasteiger partial charge in [-0.2, -0.15) is 0 Å². The zero-order chi connectivity index (χ0) is 18.5. The first-order chi connectivity index (χ1) is 12.5. The van der Waals surface area contributed by atoms with Gasteiger partial charge in [-0.3, -0.25) is 14.9 Å². The molecule has 2 aromatic rings. The number of hydrogen-bond donors (Lipinski definition) is 1. The van der Waals surface area contributed by atoms with E-state index in [1.54, 1.807) is 24.3 Å². The molecule has 136 valence electrons. The Morgan fingerprint density at radius 2 is 1.96 bits per heavy atom. The van der Waals surface area contributed by atoms with Crippen LogP contribution in [0.3, 0.4) is 0 Å². The Morgan fingerprint density at radius 3 is 2.69 bits per heavy atom. The van der Waals surface area contributed by atoms with E-state index >= 15 is 0 Å². The fraction of sp³-hybridized carbons (Fsp3) is 0.353. The van der Waals surface area contributed by atoms with Gasteiger partial charge in [0.2, 0.25) is 5.91 Å². The fourth-order valence-corrected chi connectivity index (χ4v) is 2.82. The molecule has 1 saturated heterocycles. The maximum atomic E-state index is 12.3. The highest BCUT2D eigenvalue weighted by atomic mass is 16.6. The molecule has 0 radical (unpaired) electrons. The summed E-state index contributed by atoms with van der Waals surface area (Å²) >= 11 is 0. The predicted octanol–water partition coefficient (Wildman–Crippen LogP) is 1.32. The molecular formula is C17H20N6O3. The summed E-state index contributed by atoms with van der Waals surface area (Å²) in [5.41, 5.74) is 0.298. The van der Waals surface area contributed by atoms with Crippen LogP contribution in [0.15, 0.2) is 36.7 Å². The second-order valence-corrected chi connectivity index (χ2v) is 6.16. The summed E-state index contributed by atoms with van der Waals surface area (Å²) in [7, 11) is 2.08. The molecule has 0 aliphatic carbocycles. The minimum absolute atomic E-state index is 0.0662. The summed E-state index contributed by atoms with van der Waals surface area (Å²) in [6.45, 7) is 3.61. The van der Waals surface area contributed by atoms with Gasteiger partial charge in [0.05, 0.1) is 11.3 Å². The molecule has 3 rings (SSSR count). The molecule has 0 unspecified atom stereocenters. The minimum Gasteiger partial charge on any atom is -0.354 e. The van der Waals surface area contributed by atoms with Gasteiger partial charge in [-0.1, -0.05) is 18.2 Å². The summed E-state index contributed by atoms with van der Waals surface area (Å²) in [5.74, 6) is 0.786. The number of rotatable bonds is 5. The molecule has 26 heavy (non-hydrogen) atoms. The van der Waals surface area contributed by atoms with Crippen LogP contribution in [0.5, 0.6) is 0 Å². The number of carbonyl (C=O) groups is 1. The van der Waals surface area contributed by atoms with Crippen LogP contribution in [0.2, 0.25) is 0 Å². The fourth-order valence-electron chi connectivity index (χ4n) is 2.82. The van der Waals surface area contributed by atoms with Gasteiger partial charge in [0, 0.05) is 43.9 Å². The Labute approximate surface area is 150 Å². The highest BCUT2D eigenvalue weighted by Gasteiger charge is 2.18. The first-order valence-corrected chi connectivity index (χ1v) is 8.30. The highest BCUT2D eigenvalue weighted by molar-refractivity contribution is 5.92. The van der Waals surface area contributed by atoms with Crippen molar-refractivity contribution in [2.75, 3.05) is 43.4 Å². The van der Waals surface area contributed by atoms with E-state index in [2.05, 4.69) is 32.1 Å². The van der Waals surface area contributed by atoms with Crippen LogP contribution in [0.25, 0.3) is 0 Å². The van der Waals surface area contributed by atoms with Gasteiger partial charge in [0.1, 0.15) is 18.0 Å². The lowest BCUT2D eigenvalue weighted by molar-refractivity contribution is -0.385. The number of para-hydroxylation sites is 1. The summed E-state index contributed by atoms with van der Waals surface area (Å²) in [6.07, 6.45) is 1.32. The van der Waals surface area contributed by atoms with Crippen molar-refractivity contribution in [3.05, 3.63) is 52.3 Å². The van der Waals surface area contributed by atoms with Crippen molar-refractivity contribution in [2.45, 2.75) is 6.42 Å². The summed E-state index contributed by atoms with van der Waals surface area (Å²) in [5, 5.41) is 13.7. The van der Waals surface area contributed by atoms with Crippen molar-refractivity contribution in [3.8, 4) is 0 Å². The predicted molar refractivity (Wildman–Crippen MR) is 97.2 cm³/mol. The average Bonchev–Trinajstić information content (AvgIpc) is 2.62. The number of anilines is 2. The number of nitrogens with zero attached hydrogens (tertiary/aromatic N) is 5. The Morgan fingerprint density at radius 1 is 1.23 bits per heavy atom. The van der Waals surface area contributed by atoms with Crippen molar-refractivity contribution >= 4 is 23.2 Å². The third-order valence-electron chi connectivity index (χ3n) is 4.29. The maximum absolute atomic E-state index is 12.3. The number of hydrogen-bond acceptors (Lipinski definition) is 7. The van der Waals surface area contributed by atoms with Crippen molar-refractivity contribution in [1.29, 1.82) is 0 Å². The van der Waals surface area contributed by atoms with Crippen LogP contribution in [0.4, 0.5) is 17.3 Å². The highest BCUT2D eigenvalue weighted by Crippen LogP contribution is 2.19. The van der Waals surface area contributed by atoms with Crippen LogP contribution < -0.4 is 10.2 Å². The van der Waals surface area contributed by atoms with Gasteiger partial charge >= 0.3 is 0 Å². The van der Waals surface area contributed by atoms with E-state index in [4.69, 9.17) is 0 Å². The van der Waals surface area contributed by atoms with E-state index in [0.29, 0.717) is 11.4 Å². The van der Waals surface area contributed by atoms with E-state index in [1.807, 2.05) is 0 Å². The van der Waals surface area contributed by atoms with E-state index in [-0.39, 0.29) is 18.0 Å². The molecule has 1 fully saturated rings. The first kappa shape index (κ1) is 17.7. The molecule has 0 spiro atoms. The second kappa shape index (κ2) is 7.87. The van der Waals surface area contributed by atoms with Crippen molar-refractivity contribution < 1.29 is 9.72 Å². The van der Waals surface area contributed by atoms with Crippen molar-refractivity contribution in [3.63, 3.8) is 0 Å². The molecular weight excluding hydrogens is 336 g/mol. The molecule has 1 N–H and O–H groups in total. The molecule has 9 nitrogen and oxygen atoms in total. The number of amides is 1. The van der Waals surface area contributed by atoms with E-state index < -0.39 is 4.92 Å². The molecule has 1 aromatic carbocycles. The van der Waals surface area contributed by atoms with Crippen molar-refractivity contribution in [1.82, 2.24) is 14.9 Å². The Balaban J connectivity index is 1.67. The Hall–Kier alpha value is -3.07. The molecule has 2 heterocycles. The zero-order valence-electron chi connectivity index (χ0n) is 14.5. The quantitative estimate of drug-likeness (QED) is 0.636. The van der Waals surface area contributed by atoms with Gasteiger partial charge in [-0.05, 0) is 7.05 Å². The van der Waals surface area contributed by atoms with Gasteiger partial charge in [0.25, 0.3) is 5.69 Å². The van der Waals surface area contributed by atoms with Crippen LogP contribution in [-0.2, 0) is 11.2 Å². The lowest BCUT2D eigenvalue weighted by Crippen LogP contribution is -2.44. The van der Waals surface area contributed by atoms with Crippen LogP contribution in [0, 0.1) is 10.1 Å². The first-order valence-electron chi connectivity index (χ1n) is 8.30. The normalized spacial score (nSPS) is 14.9. The molecule has 0 bridgehead atoms. The van der Waals surface area contributed by atoms with Gasteiger partial charge < -0.3 is 15.1 Å². The third kappa shape index (κ3) is 4.31. The zero-order valence-corrected chi connectivity index (χ0v) is 14.5. The number of nitro groups is 1. The lowest BCUT2D eigenvalue weighted by Gasteiger charge is -2.33. The van der Waals surface area contributed by atoms with Crippen LogP contribution in [0.1, 0.15) is 5.56 Å². The number of aromatic nitrogens is 2. The number of likely N-dealkylation sites (N-methyl/N-ethyl adjacent to an activating group) is 1. The smallest absolute Gasteiger partial charge is 0.273 e. The topological polar surface area (TPSA) is 104 Å².